The van der Waals surface area contributed by atoms with Crippen molar-refractivity contribution >= 4 is 5.57 Å². The third-order valence-corrected chi connectivity index (χ3v) is 5.03. The Hall–Kier alpha value is -1.86. The van der Waals surface area contributed by atoms with E-state index in [2.05, 4.69) is 68.9 Å². The SMILES string of the molecule is C=C(CCc1ccc(C2=CCCC(=C)C2=C)cc1)CCN(C)CCC. The third-order valence-electron chi connectivity index (χ3n) is 5.03. The number of aryl methyl sites for hydroxylation is 1. The van der Waals surface area contributed by atoms with Gasteiger partial charge in [0.1, 0.15) is 0 Å². The van der Waals surface area contributed by atoms with Crippen molar-refractivity contribution in [1.29, 1.82) is 0 Å². The normalized spacial score (nSPS) is 14.8. The van der Waals surface area contributed by atoms with E-state index in [0.717, 1.165) is 44.2 Å². The van der Waals surface area contributed by atoms with Crippen LogP contribution in [0.5, 0.6) is 0 Å². The van der Waals surface area contributed by atoms with Gasteiger partial charge in [0, 0.05) is 6.54 Å². The predicted molar refractivity (Wildman–Crippen MR) is 112 cm³/mol. The fourth-order valence-electron chi connectivity index (χ4n) is 3.29. The summed E-state index contributed by atoms with van der Waals surface area (Å²) in [6.07, 6.45) is 8.86. The van der Waals surface area contributed by atoms with Crippen LogP contribution in [0, 0.1) is 0 Å². The van der Waals surface area contributed by atoms with Crippen molar-refractivity contribution in [3.63, 3.8) is 0 Å². The predicted octanol–water partition coefficient (Wildman–Crippen LogP) is 6.20. The summed E-state index contributed by atoms with van der Waals surface area (Å²) in [5.74, 6) is 0. The van der Waals surface area contributed by atoms with E-state index in [1.54, 1.807) is 0 Å². The molecular formula is C24H33N. The molecule has 0 bridgehead atoms. The lowest BCUT2D eigenvalue weighted by molar-refractivity contribution is 0.338. The van der Waals surface area contributed by atoms with E-state index in [4.69, 9.17) is 0 Å². The van der Waals surface area contributed by atoms with Crippen molar-refractivity contribution in [2.24, 2.45) is 0 Å². The number of allylic oxidation sites excluding steroid dienone is 4. The smallest absolute Gasteiger partial charge is 0.00154 e. The molecule has 1 heteroatoms. The molecule has 1 aliphatic carbocycles. The van der Waals surface area contributed by atoms with Gasteiger partial charge in [-0.1, -0.05) is 62.6 Å². The summed E-state index contributed by atoms with van der Waals surface area (Å²) in [5, 5.41) is 0. The van der Waals surface area contributed by atoms with E-state index in [1.807, 2.05) is 0 Å². The molecule has 1 aliphatic rings. The second-order valence-corrected chi connectivity index (χ2v) is 7.24. The van der Waals surface area contributed by atoms with Gasteiger partial charge >= 0.3 is 0 Å². The minimum absolute atomic E-state index is 1.04. The van der Waals surface area contributed by atoms with E-state index >= 15 is 0 Å². The highest BCUT2D eigenvalue weighted by Crippen LogP contribution is 2.33. The van der Waals surface area contributed by atoms with Crippen molar-refractivity contribution in [2.45, 2.75) is 45.4 Å². The van der Waals surface area contributed by atoms with Gasteiger partial charge in [0.25, 0.3) is 0 Å². The van der Waals surface area contributed by atoms with E-state index in [-0.39, 0.29) is 0 Å². The molecule has 1 nitrogen and oxygen atoms in total. The number of rotatable bonds is 9. The molecule has 0 heterocycles. The van der Waals surface area contributed by atoms with Crippen LogP contribution in [0.15, 0.2) is 66.8 Å². The Bertz CT molecular complexity index is 645. The molecule has 0 radical (unpaired) electrons. The average Bonchev–Trinajstić information content (AvgIpc) is 2.61. The molecule has 0 fully saturated rings. The fraction of sp³-hybridized carbons (Fsp3) is 0.417. The second-order valence-electron chi connectivity index (χ2n) is 7.24. The van der Waals surface area contributed by atoms with Crippen LogP contribution in [0.1, 0.15) is 50.2 Å². The molecule has 134 valence electrons. The molecule has 0 amide bonds. The molecule has 0 atom stereocenters. The molecule has 0 aromatic heterocycles. The van der Waals surface area contributed by atoms with Crippen LogP contribution in [-0.2, 0) is 6.42 Å². The van der Waals surface area contributed by atoms with Gasteiger partial charge in [0.2, 0.25) is 0 Å². The van der Waals surface area contributed by atoms with Crippen LogP contribution in [0.3, 0.4) is 0 Å². The van der Waals surface area contributed by atoms with E-state index in [0.29, 0.717) is 0 Å². The Balaban J connectivity index is 1.84. The summed E-state index contributed by atoms with van der Waals surface area (Å²) in [4.78, 5) is 2.39. The number of nitrogens with zero attached hydrogens (tertiary/aromatic N) is 1. The van der Waals surface area contributed by atoms with Crippen LogP contribution < -0.4 is 0 Å². The Morgan fingerprint density at radius 1 is 1.08 bits per heavy atom. The van der Waals surface area contributed by atoms with Gasteiger partial charge in [0.15, 0.2) is 0 Å². The third kappa shape index (κ3) is 5.86. The summed E-state index contributed by atoms with van der Waals surface area (Å²) in [7, 11) is 2.19. The first-order chi connectivity index (χ1) is 12.0. The largest absolute Gasteiger partial charge is 0.306 e. The van der Waals surface area contributed by atoms with Gasteiger partial charge in [-0.25, -0.2) is 0 Å². The van der Waals surface area contributed by atoms with Crippen molar-refractivity contribution in [3.05, 3.63) is 77.9 Å². The molecule has 0 N–H and O–H groups in total. The van der Waals surface area contributed by atoms with Gasteiger partial charge in [-0.15, -0.1) is 0 Å². The Kier molecular flexibility index (Phi) is 7.46. The standard InChI is InChI=1S/C24H33N/c1-6-17-25(5)18-16-19(2)10-11-22-12-14-23(15-13-22)24-9-7-8-20(3)21(24)4/h9,12-15H,2-4,6-8,10-11,16-18H2,1,5H3. The maximum Gasteiger partial charge on any atom is 0.00154 e. The van der Waals surface area contributed by atoms with Gasteiger partial charge < -0.3 is 4.90 Å². The van der Waals surface area contributed by atoms with E-state index < -0.39 is 0 Å². The van der Waals surface area contributed by atoms with Crippen LogP contribution in [0.4, 0.5) is 0 Å². The summed E-state index contributed by atoms with van der Waals surface area (Å²) in [6.45, 7) is 17.1. The number of hydrogen-bond donors (Lipinski definition) is 0. The van der Waals surface area contributed by atoms with Crippen LogP contribution in [0.25, 0.3) is 5.57 Å². The maximum absolute atomic E-state index is 4.25. The Morgan fingerprint density at radius 3 is 2.48 bits per heavy atom. The summed E-state index contributed by atoms with van der Waals surface area (Å²) >= 11 is 0. The molecule has 0 saturated carbocycles. The molecule has 1 aromatic carbocycles. The fourth-order valence-corrected chi connectivity index (χ4v) is 3.29. The topological polar surface area (TPSA) is 3.24 Å². The average molecular weight is 336 g/mol. The van der Waals surface area contributed by atoms with Crippen molar-refractivity contribution in [3.8, 4) is 0 Å². The van der Waals surface area contributed by atoms with E-state index in [9.17, 15) is 0 Å². The van der Waals surface area contributed by atoms with Gasteiger partial charge in [-0.05, 0) is 80.0 Å². The summed E-state index contributed by atoms with van der Waals surface area (Å²) < 4.78 is 0. The molecule has 25 heavy (non-hydrogen) atoms. The Morgan fingerprint density at radius 2 is 1.80 bits per heavy atom. The molecule has 0 spiro atoms. The first-order valence-corrected chi connectivity index (χ1v) is 9.53. The van der Waals surface area contributed by atoms with Gasteiger partial charge in [0.05, 0.1) is 0 Å². The monoisotopic (exact) mass is 335 g/mol. The van der Waals surface area contributed by atoms with Crippen LogP contribution in [0.2, 0.25) is 0 Å². The summed E-state index contributed by atoms with van der Waals surface area (Å²) in [5.41, 5.74) is 7.52. The minimum atomic E-state index is 1.04. The van der Waals surface area contributed by atoms with Crippen molar-refractivity contribution in [2.75, 3.05) is 20.1 Å². The van der Waals surface area contributed by atoms with Crippen molar-refractivity contribution < 1.29 is 0 Å². The zero-order valence-electron chi connectivity index (χ0n) is 16.1. The van der Waals surface area contributed by atoms with Crippen LogP contribution in [-0.4, -0.2) is 25.0 Å². The lowest BCUT2D eigenvalue weighted by Crippen LogP contribution is -2.20. The molecule has 0 aliphatic heterocycles. The second kappa shape index (κ2) is 9.58. The zero-order valence-corrected chi connectivity index (χ0v) is 16.1. The Labute approximate surface area is 154 Å². The van der Waals surface area contributed by atoms with Gasteiger partial charge in [-0.3, -0.25) is 0 Å². The first kappa shape index (κ1) is 19.5. The molecule has 0 unspecified atom stereocenters. The van der Waals surface area contributed by atoms with Gasteiger partial charge in [-0.2, -0.15) is 0 Å². The zero-order chi connectivity index (χ0) is 18.2. The lowest BCUT2D eigenvalue weighted by atomic mass is 9.86. The highest BCUT2D eigenvalue weighted by molar-refractivity contribution is 5.83. The van der Waals surface area contributed by atoms with Crippen molar-refractivity contribution in [1.82, 2.24) is 4.90 Å². The molecule has 1 aromatic rings. The maximum atomic E-state index is 4.25. The molecule has 2 rings (SSSR count). The molecular weight excluding hydrogens is 302 g/mol. The van der Waals surface area contributed by atoms with E-state index in [1.165, 1.54) is 40.8 Å². The highest BCUT2D eigenvalue weighted by Gasteiger charge is 2.13. The number of hydrogen-bond acceptors (Lipinski definition) is 1. The molecule has 0 saturated heterocycles. The minimum Gasteiger partial charge on any atom is -0.306 e. The summed E-state index contributed by atoms with van der Waals surface area (Å²) in [6, 6.07) is 8.94. The number of benzene rings is 1. The first-order valence-electron chi connectivity index (χ1n) is 9.53. The quantitative estimate of drug-likeness (QED) is 0.486. The van der Waals surface area contributed by atoms with Crippen LogP contribution >= 0.6 is 0 Å². The highest BCUT2D eigenvalue weighted by atomic mass is 15.1. The lowest BCUT2D eigenvalue weighted by Gasteiger charge is -2.19.